The molecule has 0 atom stereocenters. The van der Waals surface area contributed by atoms with E-state index in [0.717, 1.165) is 43.5 Å². The molecule has 0 spiro atoms. The summed E-state index contributed by atoms with van der Waals surface area (Å²) in [5.74, 6) is 0.514. The van der Waals surface area contributed by atoms with Crippen LogP contribution in [0.5, 0.6) is 11.5 Å². The molecular weight excluding hydrogens is 445 g/mol. The molecular formula is C26H40BN3O5. The van der Waals surface area contributed by atoms with Crippen LogP contribution in [0.3, 0.4) is 0 Å². The fraction of sp³-hybridized carbons (Fsp3) is 0.654. The van der Waals surface area contributed by atoms with Crippen molar-refractivity contribution in [1.82, 2.24) is 15.0 Å². The number of esters is 1. The van der Waals surface area contributed by atoms with Gasteiger partial charge in [0.2, 0.25) is 0 Å². The van der Waals surface area contributed by atoms with Crippen LogP contribution < -0.4 is 9.47 Å². The van der Waals surface area contributed by atoms with Crippen molar-refractivity contribution >= 4 is 13.8 Å². The van der Waals surface area contributed by atoms with Gasteiger partial charge in [-0.2, -0.15) is 0 Å². The molecule has 9 heteroatoms. The van der Waals surface area contributed by atoms with Gasteiger partial charge in [0.05, 0.1) is 38.0 Å². The number of nitrogens with zero attached hydrogens (tertiary/aromatic N) is 3. The molecule has 2 aromatic rings. The smallest absolute Gasteiger partial charge is 0.308 e. The number of benzene rings is 1. The third kappa shape index (κ3) is 10.8. The molecule has 0 aliphatic carbocycles. The first-order chi connectivity index (χ1) is 16.5. The van der Waals surface area contributed by atoms with Crippen molar-refractivity contribution in [2.45, 2.75) is 91.3 Å². The van der Waals surface area contributed by atoms with Crippen molar-refractivity contribution in [3.8, 4) is 11.5 Å². The van der Waals surface area contributed by atoms with Crippen LogP contribution in [-0.2, 0) is 33.6 Å². The van der Waals surface area contributed by atoms with Crippen LogP contribution in [0.25, 0.3) is 0 Å². The van der Waals surface area contributed by atoms with E-state index in [9.17, 15) is 4.79 Å². The number of carbonyl (C=O) groups is 1. The van der Waals surface area contributed by atoms with Gasteiger partial charge in [0.25, 0.3) is 0 Å². The summed E-state index contributed by atoms with van der Waals surface area (Å²) in [5, 5.41) is 8.52. The first-order valence-electron chi connectivity index (χ1n) is 12.3. The summed E-state index contributed by atoms with van der Waals surface area (Å²) in [5.41, 5.74) is 1.37. The van der Waals surface area contributed by atoms with E-state index in [1.54, 1.807) is 12.1 Å². The highest BCUT2D eigenvalue weighted by atomic mass is 16.6. The van der Waals surface area contributed by atoms with E-state index < -0.39 is 5.97 Å². The maximum absolute atomic E-state index is 11.3. The zero-order valence-electron chi connectivity index (χ0n) is 22.1. The third-order valence-electron chi connectivity index (χ3n) is 5.59. The van der Waals surface area contributed by atoms with Gasteiger partial charge in [-0.05, 0) is 72.4 Å². The number of carbonyl (C=O) groups excluding carboxylic acids is 1. The Morgan fingerprint density at radius 3 is 2.49 bits per heavy atom. The minimum Gasteiger partial charge on any atom is -0.490 e. The molecule has 2 radical (unpaired) electrons. The highest BCUT2D eigenvalue weighted by molar-refractivity contribution is 6.08. The minimum absolute atomic E-state index is 0.176. The molecule has 0 aliphatic rings. The molecule has 0 saturated carbocycles. The van der Waals surface area contributed by atoms with Gasteiger partial charge in [0, 0.05) is 26.3 Å². The Morgan fingerprint density at radius 1 is 1.06 bits per heavy atom. The van der Waals surface area contributed by atoms with Crippen LogP contribution in [0.4, 0.5) is 0 Å². The van der Waals surface area contributed by atoms with Crippen molar-refractivity contribution in [2.75, 3.05) is 19.8 Å². The number of aryl methyl sites for hydroxylation is 2. The average molecular weight is 485 g/mol. The molecule has 0 N–H and O–H groups in total. The third-order valence-corrected chi connectivity index (χ3v) is 5.59. The van der Waals surface area contributed by atoms with E-state index in [0.29, 0.717) is 37.6 Å². The standard InChI is InChI=1S/C26H40BN3O5/c1-7-33-26(5,6)13-16-34-25(3,4)12-14-30-19-22(28-29-30)9-8-15-32-24-17-21(18-27)10-11-23(24)35-20(2)31/h10-11,17,19H,7-9,12-16,18H2,1-6H3. The van der Waals surface area contributed by atoms with Gasteiger partial charge in [-0.15, -0.1) is 5.10 Å². The van der Waals surface area contributed by atoms with Gasteiger partial charge in [0.15, 0.2) is 11.5 Å². The fourth-order valence-corrected chi connectivity index (χ4v) is 3.52. The summed E-state index contributed by atoms with van der Waals surface area (Å²) >= 11 is 0. The largest absolute Gasteiger partial charge is 0.490 e. The van der Waals surface area contributed by atoms with Crippen LogP contribution in [-0.4, -0.2) is 59.8 Å². The number of hydrogen-bond acceptors (Lipinski definition) is 7. The minimum atomic E-state index is -0.394. The zero-order chi connectivity index (χ0) is 25.9. The Labute approximate surface area is 211 Å². The summed E-state index contributed by atoms with van der Waals surface area (Å²) < 4.78 is 24.8. The van der Waals surface area contributed by atoms with Gasteiger partial charge in [-0.3, -0.25) is 9.48 Å². The molecule has 0 unspecified atom stereocenters. The lowest BCUT2D eigenvalue weighted by atomic mass is 9.97. The molecule has 0 saturated heterocycles. The van der Waals surface area contributed by atoms with Gasteiger partial charge < -0.3 is 18.9 Å². The van der Waals surface area contributed by atoms with E-state index in [4.69, 9.17) is 26.8 Å². The maximum atomic E-state index is 11.3. The fourth-order valence-electron chi connectivity index (χ4n) is 3.52. The molecule has 0 bridgehead atoms. The van der Waals surface area contributed by atoms with E-state index >= 15 is 0 Å². The molecule has 2 rings (SSSR count). The predicted octanol–water partition coefficient (Wildman–Crippen LogP) is 4.27. The Bertz CT molecular complexity index is 929. The van der Waals surface area contributed by atoms with Crippen molar-refractivity contribution < 1.29 is 23.7 Å². The summed E-state index contributed by atoms with van der Waals surface area (Å²) in [6, 6.07) is 5.32. The molecule has 192 valence electrons. The first kappa shape index (κ1) is 28.8. The lowest BCUT2D eigenvalue weighted by Crippen LogP contribution is -2.31. The van der Waals surface area contributed by atoms with E-state index in [1.165, 1.54) is 6.92 Å². The van der Waals surface area contributed by atoms with Crippen LogP contribution in [0.2, 0.25) is 0 Å². The number of rotatable bonds is 16. The number of ether oxygens (including phenoxy) is 4. The second-order valence-corrected chi connectivity index (χ2v) is 9.80. The zero-order valence-corrected chi connectivity index (χ0v) is 22.1. The summed E-state index contributed by atoms with van der Waals surface area (Å²) in [7, 11) is 5.71. The van der Waals surface area contributed by atoms with Crippen LogP contribution >= 0.6 is 0 Å². The molecule has 0 fully saturated rings. The summed E-state index contributed by atoms with van der Waals surface area (Å²) in [6.45, 7) is 14.3. The summed E-state index contributed by atoms with van der Waals surface area (Å²) in [4.78, 5) is 11.3. The lowest BCUT2D eigenvalue weighted by molar-refractivity contribution is -0.132. The Balaban J connectivity index is 1.76. The second-order valence-electron chi connectivity index (χ2n) is 9.80. The molecule has 1 aromatic heterocycles. The average Bonchev–Trinajstić information content (AvgIpc) is 3.23. The highest BCUT2D eigenvalue weighted by Gasteiger charge is 2.22. The summed E-state index contributed by atoms with van der Waals surface area (Å²) in [6.07, 6.45) is 5.49. The second kappa shape index (κ2) is 13.6. The molecule has 1 aromatic carbocycles. The van der Waals surface area contributed by atoms with E-state index in [2.05, 4.69) is 38.0 Å². The van der Waals surface area contributed by atoms with E-state index in [1.807, 2.05) is 23.9 Å². The van der Waals surface area contributed by atoms with Crippen LogP contribution in [0.15, 0.2) is 24.4 Å². The quantitative estimate of drug-likeness (QED) is 0.152. The van der Waals surface area contributed by atoms with Crippen molar-refractivity contribution in [3.05, 3.63) is 35.7 Å². The maximum Gasteiger partial charge on any atom is 0.308 e. The molecule has 0 amide bonds. The highest BCUT2D eigenvalue weighted by Crippen LogP contribution is 2.29. The molecule has 35 heavy (non-hydrogen) atoms. The lowest BCUT2D eigenvalue weighted by Gasteiger charge is -2.29. The van der Waals surface area contributed by atoms with Crippen molar-refractivity contribution in [2.24, 2.45) is 0 Å². The van der Waals surface area contributed by atoms with Gasteiger partial charge in [0.1, 0.15) is 0 Å². The van der Waals surface area contributed by atoms with Gasteiger partial charge in [-0.25, -0.2) is 0 Å². The molecule has 1 heterocycles. The van der Waals surface area contributed by atoms with Crippen molar-refractivity contribution in [1.29, 1.82) is 0 Å². The Hall–Kier alpha value is -2.39. The normalized spacial score (nSPS) is 12.1. The SMILES string of the molecule is [B]Cc1ccc(OC(C)=O)c(OCCCc2cn(CCC(C)(C)OCCC(C)(C)OCC)nn2)c1. The van der Waals surface area contributed by atoms with Crippen LogP contribution in [0, 0.1) is 0 Å². The van der Waals surface area contributed by atoms with Gasteiger partial charge >= 0.3 is 5.97 Å². The first-order valence-corrected chi connectivity index (χ1v) is 12.3. The Morgan fingerprint density at radius 2 is 1.80 bits per heavy atom. The number of hydrogen-bond donors (Lipinski definition) is 0. The monoisotopic (exact) mass is 485 g/mol. The predicted molar refractivity (Wildman–Crippen MR) is 136 cm³/mol. The number of aromatic nitrogens is 3. The topological polar surface area (TPSA) is 84.7 Å². The molecule has 0 aliphatic heterocycles. The van der Waals surface area contributed by atoms with Gasteiger partial charge in [-0.1, -0.05) is 23.2 Å². The van der Waals surface area contributed by atoms with E-state index in [-0.39, 0.29) is 11.2 Å². The van der Waals surface area contributed by atoms with Crippen molar-refractivity contribution in [3.63, 3.8) is 0 Å². The van der Waals surface area contributed by atoms with Crippen LogP contribution in [0.1, 0.15) is 72.1 Å². The Kier molecular flexibility index (Phi) is 11.2. The molecule has 8 nitrogen and oxygen atoms in total.